The van der Waals surface area contributed by atoms with E-state index < -0.39 is 49.5 Å². The molecule has 0 aromatic heterocycles. The fourth-order valence-electron chi connectivity index (χ4n) is 6.22. The third-order valence-electron chi connectivity index (χ3n) is 9.65. The monoisotopic (exact) mass is 736 g/mol. The van der Waals surface area contributed by atoms with Gasteiger partial charge in [-0.05, 0) is 57.8 Å². The Morgan fingerprint density at radius 1 is 0.654 bits per heavy atom. The van der Waals surface area contributed by atoms with E-state index in [1.54, 1.807) is 6.08 Å². The highest BCUT2D eigenvalue weighted by Gasteiger charge is 2.44. The summed E-state index contributed by atoms with van der Waals surface area (Å²) in [5.41, 5.74) is 0. The Bertz CT molecular complexity index is 951. The highest BCUT2D eigenvalue weighted by Crippen LogP contribution is 2.22. The first-order valence-electron chi connectivity index (χ1n) is 20.9. The van der Waals surface area contributed by atoms with Crippen LogP contribution in [0.25, 0.3) is 0 Å². The molecule has 0 bridgehead atoms. The highest BCUT2D eigenvalue weighted by molar-refractivity contribution is 5.76. The molecule has 9 nitrogen and oxygen atoms in total. The maximum absolute atomic E-state index is 12.8. The Morgan fingerprint density at radius 2 is 1.13 bits per heavy atom. The summed E-state index contributed by atoms with van der Waals surface area (Å²) in [7, 11) is 0. The van der Waals surface area contributed by atoms with Gasteiger partial charge in [-0.25, -0.2) is 0 Å². The zero-order chi connectivity index (χ0) is 38.1. The van der Waals surface area contributed by atoms with Gasteiger partial charge in [-0.3, -0.25) is 4.79 Å². The van der Waals surface area contributed by atoms with Gasteiger partial charge in [0.2, 0.25) is 5.91 Å². The van der Waals surface area contributed by atoms with E-state index in [1.807, 2.05) is 6.08 Å². The molecule has 7 unspecified atom stereocenters. The number of rotatable bonds is 33. The molecule has 0 aromatic carbocycles. The molecule has 52 heavy (non-hydrogen) atoms. The van der Waals surface area contributed by atoms with E-state index >= 15 is 0 Å². The minimum absolute atomic E-state index is 0.193. The van der Waals surface area contributed by atoms with Crippen molar-refractivity contribution >= 4 is 5.91 Å². The van der Waals surface area contributed by atoms with E-state index in [0.717, 1.165) is 77.0 Å². The smallest absolute Gasteiger partial charge is 0.220 e. The molecular weight excluding hydrogens is 658 g/mol. The van der Waals surface area contributed by atoms with Crippen molar-refractivity contribution in [2.75, 3.05) is 13.2 Å². The fourth-order valence-corrected chi connectivity index (χ4v) is 6.22. The lowest BCUT2D eigenvalue weighted by atomic mass is 9.99. The standard InChI is InChI=1S/C43H77NO8/c1-3-5-7-9-11-12-13-14-15-16-17-18-19-20-21-22-23-24-25-26-27-29-31-33-39(47)44-36(37(46)32-30-28-10-8-6-4-2)35-51-43-42(50)41(49)40(48)38(34-45)52-43/h13-14,16-17,19-20,30,32,36-38,40-43,45-46,48-50H,3-12,15,18,21-29,31,33-35H2,1-2H3,(H,44,47)/b14-13-,17-16-,20-19-,32-30+. The van der Waals surface area contributed by atoms with Crippen LogP contribution in [0.4, 0.5) is 0 Å². The lowest BCUT2D eigenvalue weighted by Crippen LogP contribution is -2.60. The van der Waals surface area contributed by atoms with Gasteiger partial charge in [0.1, 0.15) is 24.4 Å². The van der Waals surface area contributed by atoms with E-state index in [2.05, 4.69) is 55.6 Å². The maximum atomic E-state index is 12.8. The van der Waals surface area contributed by atoms with Crippen LogP contribution in [-0.4, -0.2) is 87.5 Å². The minimum Gasteiger partial charge on any atom is -0.394 e. The highest BCUT2D eigenvalue weighted by atomic mass is 16.7. The molecule has 6 N–H and O–H groups in total. The zero-order valence-corrected chi connectivity index (χ0v) is 32.8. The Hall–Kier alpha value is -1.85. The van der Waals surface area contributed by atoms with Gasteiger partial charge >= 0.3 is 0 Å². The lowest BCUT2D eigenvalue weighted by molar-refractivity contribution is -0.302. The van der Waals surface area contributed by atoms with Crippen molar-refractivity contribution in [3.63, 3.8) is 0 Å². The van der Waals surface area contributed by atoms with Gasteiger partial charge in [0.15, 0.2) is 6.29 Å². The first kappa shape index (κ1) is 48.2. The molecule has 0 radical (unpaired) electrons. The molecule has 1 fully saturated rings. The Kier molecular flexibility index (Phi) is 31.2. The number of hydrogen-bond acceptors (Lipinski definition) is 8. The van der Waals surface area contributed by atoms with Crippen LogP contribution >= 0.6 is 0 Å². The molecule has 0 aliphatic carbocycles. The third-order valence-corrected chi connectivity index (χ3v) is 9.65. The Morgan fingerprint density at radius 3 is 1.69 bits per heavy atom. The number of ether oxygens (including phenoxy) is 2. The normalized spacial score (nSPS) is 22.3. The number of carbonyl (C=O) groups excluding carboxylic acids is 1. The number of allylic oxidation sites excluding steroid dienone is 7. The van der Waals surface area contributed by atoms with E-state index in [-0.39, 0.29) is 12.5 Å². The molecule has 1 aliphatic heterocycles. The predicted octanol–water partition coefficient (Wildman–Crippen LogP) is 7.89. The minimum atomic E-state index is -1.57. The number of aliphatic hydroxyl groups is 5. The molecule has 9 heteroatoms. The van der Waals surface area contributed by atoms with Gasteiger partial charge in [0, 0.05) is 6.42 Å². The van der Waals surface area contributed by atoms with Crippen LogP contribution in [0.3, 0.4) is 0 Å². The Labute approximate surface area is 316 Å². The van der Waals surface area contributed by atoms with Crippen molar-refractivity contribution in [1.29, 1.82) is 0 Å². The van der Waals surface area contributed by atoms with Crippen molar-refractivity contribution in [1.82, 2.24) is 5.32 Å². The largest absolute Gasteiger partial charge is 0.394 e. The number of carbonyl (C=O) groups is 1. The van der Waals surface area contributed by atoms with Gasteiger partial charge in [-0.2, -0.15) is 0 Å². The average molecular weight is 736 g/mol. The summed E-state index contributed by atoms with van der Waals surface area (Å²) in [6.45, 7) is 3.65. The van der Waals surface area contributed by atoms with Crippen LogP contribution in [0, 0.1) is 0 Å². The summed E-state index contributed by atoms with van der Waals surface area (Å²) in [4.78, 5) is 12.8. The lowest BCUT2D eigenvalue weighted by Gasteiger charge is -2.40. The second-order valence-corrected chi connectivity index (χ2v) is 14.4. The Balaban J connectivity index is 2.25. The van der Waals surface area contributed by atoms with Crippen molar-refractivity contribution in [3.05, 3.63) is 48.6 Å². The van der Waals surface area contributed by atoms with Crippen LogP contribution in [0.5, 0.6) is 0 Å². The predicted molar refractivity (Wildman–Crippen MR) is 212 cm³/mol. The maximum Gasteiger partial charge on any atom is 0.220 e. The average Bonchev–Trinajstić information content (AvgIpc) is 3.14. The summed E-state index contributed by atoms with van der Waals surface area (Å²) in [6.07, 6.45) is 34.7. The van der Waals surface area contributed by atoms with E-state index in [0.29, 0.717) is 6.42 Å². The van der Waals surface area contributed by atoms with Crippen LogP contribution in [0.2, 0.25) is 0 Å². The van der Waals surface area contributed by atoms with Crippen molar-refractivity contribution in [3.8, 4) is 0 Å². The summed E-state index contributed by atoms with van der Waals surface area (Å²) in [5, 5.41) is 53.7. The SMILES string of the molecule is CCCCCC/C=C/C(O)C(COC1OC(CO)C(O)C(O)C1O)NC(=O)CCCCCCCCCC/C=C\C/C=C\C/C=C\CCCCCCC. The number of unbranched alkanes of at least 4 members (excludes halogenated alkanes) is 17. The number of hydrogen-bond donors (Lipinski definition) is 6. The van der Waals surface area contributed by atoms with E-state index in [9.17, 15) is 30.3 Å². The summed E-state index contributed by atoms with van der Waals surface area (Å²) >= 11 is 0. The second-order valence-electron chi connectivity index (χ2n) is 14.4. The molecule has 1 rings (SSSR count). The van der Waals surface area contributed by atoms with Gasteiger partial charge in [0.25, 0.3) is 0 Å². The van der Waals surface area contributed by atoms with Crippen LogP contribution in [0.1, 0.15) is 162 Å². The van der Waals surface area contributed by atoms with Crippen molar-refractivity contribution in [2.45, 2.75) is 204 Å². The van der Waals surface area contributed by atoms with E-state index in [4.69, 9.17) is 9.47 Å². The van der Waals surface area contributed by atoms with Crippen LogP contribution < -0.4 is 5.32 Å². The van der Waals surface area contributed by atoms with Gasteiger partial charge in [-0.1, -0.05) is 146 Å². The zero-order valence-electron chi connectivity index (χ0n) is 32.8. The van der Waals surface area contributed by atoms with Crippen LogP contribution in [0.15, 0.2) is 48.6 Å². The molecule has 7 atom stereocenters. The third kappa shape index (κ3) is 24.5. The second kappa shape index (κ2) is 33.7. The van der Waals surface area contributed by atoms with Crippen molar-refractivity contribution < 1.29 is 39.8 Å². The van der Waals surface area contributed by atoms with Gasteiger partial charge < -0.3 is 40.3 Å². The fraction of sp³-hybridized carbons (Fsp3) is 0.791. The van der Waals surface area contributed by atoms with Gasteiger partial charge in [-0.15, -0.1) is 0 Å². The molecule has 1 aliphatic rings. The molecular formula is C43H77NO8. The number of nitrogens with one attached hydrogen (secondary N) is 1. The number of aliphatic hydroxyl groups excluding tert-OH is 5. The van der Waals surface area contributed by atoms with Crippen molar-refractivity contribution in [2.24, 2.45) is 0 Å². The summed E-state index contributed by atoms with van der Waals surface area (Å²) < 4.78 is 11.1. The molecule has 1 amide bonds. The molecule has 0 spiro atoms. The quantitative estimate of drug-likeness (QED) is 0.0295. The molecule has 302 valence electrons. The molecule has 1 heterocycles. The molecule has 0 saturated carbocycles. The number of amides is 1. The van der Waals surface area contributed by atoms with Gasteiger partial charge in [0.05, 0.1) is 25.4 Å². The van der Waals surface area contributed by atoms with Crippen LogP contribution in [-0.2, 0) is 14.3 Å². The topological polar surface area (TPSA) is 149 Å². The summed E-state index contributed by atoms with van der Waals surface area (Å²) in [5.74, 6) is -0.193. The molecule has 1 saturated heterocycles. The first-order chi connectivity index (χ1) is 25.3. The van der Waals surface area contributed by atoms with E-state index in [1.165, 1.54) is 64.2 Å². The summed E-state index contributed by atoms with van der Waals surface area (Å²) in [6, 6.07) is -0.806. The molecule has 0 aromatic rings. The first-order valence-corrected chi connectivity index (χ1v) is 20.9.